The van der Waals surface area contributed by atoms with Crippen molar-refractivity contribution < 1.29 is 0 Å². The van der Waals surface area contributed by atoms with Crippen LogP contribution in [0.2, 0.25) is 0 Å². The number of anilines is 1. The van der Waals surface area contributed by atoms with E-state index in [1.807, 2.05) is 30.3 Å². The maximum Gasteiger partial charge on any atom is 0.0991 e. The van der Waals surface area contributed by atoms with Gasteiger partial charge in [0, 0.05) is 0 Å². The van der Waals surface area contributed by atoms with Crippen LogP contribution in [0.3, 0.4) is 0 Å². The fourth-order valence-corrected chi connectivity index (χ4v) is 2.08. The Kier molecular flexibility index (Phi) is 3.62. The molecular weight excluding hydrogens is 258 g/mol. The molecule has 0 spiro atoms. The highest BCUT2D eigenvalue weighted by Crippen LogP contribution is 2.18. The Bertz CT molecular complexity index is 827. The molecule has 1 N–H and O–H groups in total. The number of fused-ring (bicyclic) bond motifs is 1. The SMILES string of the molecule is N#Cc1ccc(C=NNc2ccc3ccccc3c2)cc1. The van der Waals surface area contributed by atoms with Gasteiger partial charge in [0.25, 0.3) is 0 Å². The average molecular weight is 271 g/mol. The molecule has 0 saturated carbocycles. The number of benzene rings is 3. The molecule has 0 unspecified atom stereocenters. The number of nitrogens with zero attached hydrogens (tertiary/aromatic N) is 2. The molecule has 0 heterocycles. The second-order valence-electron chi connectivity index (χ2n) is 4.67. The number of nitrogens with one attached hydrogen (secondary N) is 1. The molecule has 100 valence electrons. The highest BCUT2D eigenvalue weighted by molar-refractivity contribution is 5.86. The van der Waals surface area contributed by atoms with Crippen molar-refractivity contribution >= 4 is 22.7 Å². The molecule has 21 heavy (non-hydrogen) atoms. The van der Waals surface area contributed by atoms with Crippen LogP contribution < -0.4 is 5.43 Å². The van der Waals surface area contributed by atoms with Gasteiger partial charge < -0.3 is 0 Å². The summed E-state index contributed by atoms with van der Waals surface area (Å²) in [6.45, 7) is 0. The van der Waals surface area contributed by atoms with E-state index < -0.39 is 0 Å². The van der Waals surface area contributed by atoms with E-state index in [0.717, 1.165) is 11.3 Å². The van der Waals surface area contributed by atoms with E-state index >= 15 is 0 Å². The van der Waals surface area contributed by atoms with Crippen molar-refractivity contribution in [3.8, 4) is 6.07 Å². The Balaban J connectivity index is 1.73. The number of hydrazone groups is 1. The Morgan fingerprint density at radius 1 is 0.905 bits per heavy atom. The summed E-state index contributed by atoms with van der Waals surface area (Å²) in [5.74, 6) is 0. The van der Waals surface area contributed by atoms with Gasteiger partial charge >= 0.3 is 0 Å². The van der Waals surface area contributed by atoms with Crippen molar-refractivity contribution in [3.05, 3.63) is 77.9 Å². The molecule has 0 bridgehead atoms. The number of nitriles is 1. The molecule has 0 fully saturated rings. The van der Waals surface area contributed by atoms with E-state index in [-0.39, 0.29) is 0 Å². The lowest BCUT2D eigenvalue weighted by Crippen LogP contribution is -1.90. The van der Waals surface area contributed by atoms with Crippen molar-refractivity contribution in [2.24, 2.45) is 5.10 Å². The summed E-state index contributed by atoms with van der Waals surface area (Å²) in [6, 6.07) is 23.7. The highest BCUT2D eigenvalue weighted by Gasteiger charge is 1.94. The van der Waals surface area contributed by atoms with Gasteiger partial charge in [-0.15, -0.1) is 0 Å². The van der Waals surface area contributed by atoms with Gasteiger partial charge in [-0.2, -0.15) is 10.4 Å². The van der Waals surface area contributed by atoms with Gasteiger partial charge in [-0.1, -0.05) is 42.5 Å². The Morgan fingerprint density at radius 3 is 2.43 bits per heavy atom. The highest BCUT2D eigenvalue weighted by atomic mass is 15.3. The first-order valence-electron chi connectivity index (χ1n) is 6.63. The molecule has 3 heteroatoms. The molecular formula is C18H13N3. The van der Waals surface area contributed by atoms with Crippen LogP contribution in [0, 0.1) is 11.3 Å². The topological polar surface area (TPSA) is 48.2 Å². The van der Waals surface area contributed by atoms with Crippen molar-refractivity contribution in [1.82, 2.24) is 0 Å². The van der Waals surface area contributed by atoms with Crippen LogP contribution in [-0.4, -0.2) is 6.21 Å². The van der Waals surface area contributed by atoms with Crippen molar-refractivity contribution in [1.29, 1.82) is 5.26 Å². The zero-order valence-corrected chi connectivity index (χ0v) is 11.3. The first-order chi connectivity index (χ1) is 10.3. The lowest BCUT2D eigenvalue weighted by Gasteiger charge is -2.02. The molecule has 0 saturated heterocycles. The van der Waals surface area contributed by atoms with E-state index in [1.54, 1.807) is 18.3 Å². The Hall–Kier alpha value is -3.12. The van der Waals surface area contributed by atoms with Crippen LogP contribution in [0.4, 0.5) is 5.69 Å². The first kappa shape index (κ1) is 12.9. The van der Waals surface area contributed by atoms with Gasteiger partial charge in [-0.05, 0) is 40.6 Å². The molecule has 0 atom stereocenters. The summed E-state index contributed by atoms with van der Waals surface area (Å²) in [5.41, 5.74) is 5.56. The predicted octanol–water partition coefficient (Wildman–Crippen LogP) is 4.16. The molecule has 0 amide bonds. The zero-order valence-electron chi connectivity index (χ0n) is 11.3. The number of hydrogen-bond donors (Lipinski definition) is 1. The normalized spacial score (nSPS) is 10.6. The van der Waals surface area contributed by atoms with Crippen LogP contribution in [0.5, 0.6) is 0 Å². The van der Waals surface area contributed by atoms with E-state index in [4.69, 9.17) is 5.26 Å². The van der Waals surface area contributed by atoms with Gasteiger partial charge in [-0.3, -0.25) is 5.43 Å². The van der Waals surface area contributed by atoms with Gasteiger partial charge in [-0.25, -0.2) is 0 Å². The average Bonchev–Trinajstić information content (AvgIpc) is 2.55. The second-order valence-corrected chi connectivity index (χ2v) is 4.67. The van der Waals surface area contributed by atoms with Crippen molar-refractivity contribution in [3.63, 3.8) is 0 Å². The van der Waals surface area contributed by atoms with Crippen LogP contribution in [0.1, 0.15) is 11.1 Å². The third-order valence-corrected chi connectivity index (χ3v) is 3.20. The van der Waals surface area contributed by atoms with E-state index in [0.29, 0.717) is 5.56 Å². The molecule has 0 aromatic heterocycles. The molecule has 0 aliphatic heterocycles. The van der Waals surface area contributed by atoms with E-state index in [2.05, 4.69) is 40.9 Å². The molecule has 3 nitrogen and oxygen atoms in total. The van der Waals surface area contributed by atoms with Crippen molar-refractivity contribution in [2.45, 2.75) is 0 Å². The molecule has 3 aromatic carbocycles. The van der Waals surface area contributed by atoms with Crippen LogP contribution in [0.15, 0.2) is 71.8 Å². The summed E-state index contributed by atoms with van der Waals surface area (Å²) in [5, 5.41) is 15.3. The van der Waals surface area contributed by atoms with Gasteiger partial charge in [0.1, 0.15) is 0 Å². The monoisotopic (exact) mass is 271 g/mol. The van der Waals surface area contributed by atoms with Gasteiger partial charge in [0.05, 0.1) is 23.5 Å². The number of rotatable bonds is 3. The molecule has 0 aliphatic carbocycles. The van der Waals surface area contributed by atoms with E-state index in [9.17, 15) is 0 Å². The standard InChI is InChI=1S/C18H13N3/c19-12-14-5-7-15(8-6-14)13-20-21-18-10-9-16-3-1-2-4-17(16)11-18/h1-11,13,21H. The van der Waals surface area contributed by atoms with Crippen LogP contribution >= 0.6 is 0 Å². The summed E-state index contributed by atoms with van der Waals surface area (Å²) in [6.07, 6.45) is 1.73. The third-order valence-electron chi connectivity index (χ3n) is 3.20. The minimum atomic E-state index is 0.648. The summed E-state index contributed by atoms with van der Waals surface area (Å²) in [7, 11) is 0. The maximum absolute atomic E-state index is 8.74. The molecule has 0 radical (unpaired) electrons. The largest absolute Gasteiger partial charge is 0.278 e. The smallest absolute Gasteiger partial charge is 0.0991 e. The predicted molar refractivity (Wildman–Crippen MR) is 86.3 cm³/mol. The van der Waals surface area contributed by atoms with E-state index in [1.165, 1.54) is 10.8 Å². The van der Waals surface area contributed by atoms with Crippen LogP contribution in [0.25, 0.3) is 10.8 Å². The van der Waals surface area contributed by atoms with Gasteiger partial charge in [0.15, 0.2) is 0 Å². The third kappa shape index (κ3) is 3.07. The molecule has 3 aromatic rings. The Labute approximate surface area is 123 Å². The molecule has 3 rings (SSSR count). The van der Waals surface area contributed by atoms with Gasteiger partial charge in [0.2, 0.25) is 0 Å². The second kappa shape index (κ2) is 5.89. The summed E-state index contributed by atoms with van der Waals surface area (Å²) < 4.78 is 0. The minimum absolute atomic E-state index is 0.648. The summed E-state index contributed by atoms with van der Waals surface area (Å²) in [4.78, 5) is 0. The number of hydrogen-bond acceptors (Lipinski definition) is 3. The fraction of sp³-hybridized carbons (Fsp3) is 0. The quantitative estimate of drug-likeness (QED) is 0.574. The lowest BCUT2D eigenvalue weighted by molar-refractivity contribution is 1.35. The molecule has 0 aliphatic rings. The Morgan fingerprint density at radius 2 is 1.67 bits per heavy atom. The first-order valence-corrected chi connectivity index (χ1v) is 6.63. The zero-order chi connectivity index (χ0) is 14.5. The van der Waals surface area contributed by atoms with Crippen molar-refractivity contribution in [2.75, 3.05) is 5.43 Å². The summed E-state index contributed by atoms with van der Waals surface area (Å²) >= 11 is 0. The fourth-order valence-electron chi connectivity index (χ4n) is 2.08. The lowest BCUT2D eigenvalue weighted by atomic mass is 10.1. The maximum atomic E-state index is 8.74. The van der Waals surface area contributed by atoms with Crippen LogP contribution in [-0.2, 0) is 0 Å². The minimum Gasteiger partial charge on any atom is -0.278 e.